The van der Waals surface area contributed by atoms with Gasteiger partial charge in [-0.3, -0.25) is 0 Å². The van der Waals surface area contributed by atoms with E-state index in [9.17, 15) is 14.7 Å². The summed E-state index contributed by atoms with van der Waals surface area (Å²) in [6.07, 6.45) is 0.612. The van der Waals surface area contributed by atoms with Crippen molar-refractivity contribution in [1.82, 2.24) is 0 Å². The fourth-order valence-corrected chi connectivity index (χ4v) is 3.27. The summed E-state index contributed by atoms with van der Waals surface area (Å²) in [5, 5.41) is 9.95. The standard InChI is InChI=1S/C21H22O5/c22-19-11-17(13-25-20(23)15-7-3-1-4-8-15)18(12-19)14-26-21(24)16-9-5-2-6-10-16/h1-10,17-19,22H,11-14H2/t17-,18-/m1/s1. The average Bonchev–Trinajstić information content (AvgIpc) is 3.05. The number of benzene rings is 2. The van der Waals surface area contributed by atoms with Gasteiger partial charge in [0, 0.05) is 11.8 Å². The Labute approximate surface area is 152 Å². The number of rotatable bonds is 6. The van der Waals surface area contributed by atoms with Gasteiger partial charge in [-0.2, -0.15) is 0 Å². The quantitative estimate of drug-likeness (QED) is 0.807. The second-order valence-electron chi connectivity index (χ2n) is 6.57. The first-order chi connectivity index (χ1) is 12.6. The molecule has 0 amide bonds. The van der Waals surface area contributed by atoms with Crippen LogP contribution in [0.3, 0.4) is 0 Å². The summed E-state index contributed by atoms with van der Waals surface area (Å²) in [4.78, 5) is 24.1. The van der Waals surface area contributed by atoms with Crippen LogP contribution in [0.5, 0.6) is 0 Å². The Hall–Kier alpha value is -2.66. The molecule has 0 spiro atoms. The second-order valence-corrected chi connectivity index (χ2v) is 6.57. The topological polar surface area (TPSA) is 72.8 Å². The molecule has 136 valence electrons. The lowest BCUT2D eigenvalue weighted by Crippen LogP contribution is -2.22. The summed E-state index contributed by atoms with van der Waals surface area (Å²) < 4.78 is 10.8. The molecule has 1 N–H and O–H groups in total. The molecule has 0 bridgehead atoms. The molecule has 5 heteroatoms. The fourth-order valence-electron chi connectivity index (χ4n) is 3.27. The molecule has 1 aliphatic carbocycles. The third kappa shape index (κ3) is 4.70. The van der Waals surface area contributed by atoms with Crippen molar-refractivity contribution in [3.63, 3.8) is 0 Å². The van der Waals surface area contributed by atoms with Crippen molar-refractivity contribution in [3.8, 4) is 0 Å². The zero-order valence-corrected chi connectivity index (χ0v) is 14.4. The van der Waals surface area contributed by atoms with Crippen molar-refractivity contribution in [3.05, 3.63) is 71.8 Å². The second kappa shape index (κ2) is 8.63. The number of aliphatic hydroxyl groups is 1. The lowest BCUT2D eigenvalue weighted by atomic mass is 9.98. The molecule has 2 aromatic carbocycles. The first-order valence-electron chi connectivity index (χ1n) is 8.76. The monoisotopic (exact) mass is 354 g/mol. The number of hydrogen-bond donors (Lipinski definition) is 1. The molecule has 0 radical (unpaired) electrons. The Morgan fingerprint density at radius 1 is 0.769 bits per heavy atom. The van der Waals surface area contributed by atoms with Gasteiger partial charge in [0.25, 0.3) is 0 Å². The van der Waals surface area contributed by atoms with Gasteiger partial charge in [0.05, 0.1) is 30.4 Å². The average molecular weight is 354 g/mol. The van der Waals surface area contributed by atoms with Gasteiger partial charge in [-0.15, -0.1) is 0 Å². The molecule has 2 atom stereocenters. The van der Waals surface area contributed by atoms with E-state index in [1.54, 1.807) is 48.5 Å². The summed E-state index contributed by atoms with van der Waals surface area (Å²) in [5.74, 6) is -0.818. The summed E-state index contributed by atoms with van der Waals surface area (Å²) in [5.41, 5.74) is 0.996. The van der Waals surface area contributed by atoms with Crippen LogP contribution in [0.2, 0.25) is 0 Å². The van der Waals surface area contributed by atoms with Gasteiger partial charge in [-0.25, -0.2) is 9.59 Å². The van der Waals surface area contributed by atoms with E-state index < -0.39 is 6.10 Å². The van der Waals surface area contributed by atoms with E-state index in [0.29, 0.717) is 24.0 Å². The SMILES string of the molecule is O=C(OC[C@H]1CC(O)C[C@@H]1COC(=O)c1ccccc1)c1ccccc1. The molecule has 0 aromatic heterocycles. The van der Waals surface area contributed by atoms with E-state index in [0.717, 1.165) is 0 Å². The molecular formula is C21H22O5. The van der Waals surface area contributed by atoms with Gasteiger partial charge < -0.3 is 14.6 Å². The Morgan fingerprint density at radius 3 is 1.54 bits per heavy atom. The summed E-state index contributed by atoms with van der Waals surface area (Å²) in [6.45, 7) is 0.413. The lowest BCUT2D eigenvalue weighted by Gasteiger charge is -2.19. The lowest BCUT2D eigenvalue weighted by molar-refractivity contribution is 0.0268. The van der Waals surface area contributed by atoms with Crippen LogP contribution in [0.1, 0.15) is 33.6 Å². The van der Waals surface area contributed by atoms with Crippen molar-refractivity contribution in [2.45, 2.75) is 18.9 Å². The van der Waals surface area contributed by atoms with Gasteiger partial charge in [-0.05, 0) is 37.1 Å². The molecule has 1 fully saturated rings. The summed E-state index contributed by atoms with van der Waals surface area (Å²) in [7, 11) is 0. The molecular weight excluding hydrogens is 332 g/mol. The maximum Gasteiger partial charge on any atom is 0.338 e. The third-order valence-electron chi connectivity index (χ3n) is 4.69. The van der Waals surface area contributed by atoms with E-state index in [-0.39, 0.29) is 37.0 Å². The van der Waals surface area contributed by atoms with Crippen LogP contribution in [0, 0.1) is 11.8 Å². The molecule has 0 saturated heterocycles. The third-order valence-corrected chi connectivity index (χ3v) is 4.69. The molecule has 2 aromatic rings. The van der Waals surface area contributed by atoms with Crippen LogP contribution >= 0.6 is 0 Å². The highest BCUT2D eigenvalue weighted by atomic mass is 16.5. The largest absolute Gasteiger partial charge is 0.462 e. The van der Waals surface area contributed by atoms with Crippen LogP contribution in [0.4, 0.5) is 0 Å². The zero-order valence-electron chi connectivity index (χ0n) is 14.4. The van der Waals surface area contributed by atoms with Crippen LogP contribution < -0.4 is 0 Å². The van der Waals surface area contributed by atoms with Crippen LogP contribution in [-0.2, 0) is 9.47 Å². The molecule has 1 saturated carbocycles. The molecule has 3 rings (SSSR count). The first-order valence-corrected chi connectivity index (χ1v) is 8.76. The number of esters is 2. The summed E-state index contributed by atoms with van der Waals surface area (Å²) >= 11 is 0. The highest BCUT2D eigenvalue weighted by Gasteiger charge is 2.35. The van der Waals surface area contributed by atoms with E-state index in [1.807, 2.05) is 12.1 Å². The Balaban J connectivity index is 1.52. The van der Waals surface area contributed by atoms with Gasteiger partial charge in [-0.1, -0.05) is 36.4 Å². The van der Waals surface area contributed by atoms with Crippen LogP contribution in [0.15, 0.2) is 60.7 Å². The normalized spacial score (nSPS) is 19.9. The Morgan fingerprint density at radius 2 is 1.15 bits per heavy atom. The van der Waals surface area contributed by atoms with Crippen molar-refractivity contribution in [1.29, 1.82) is 0 Å². The minimum Gasteiger partial charge on any atom is -0.462 e. The number of ether oxygens (including phenoxy) is 2. The van der Waals surface area contributed by atoms with Gasteiger partial charge >= 0.3 is 11.9 Å². The molecule has 1 aliphatic rings. The molecule has 26 heavy (non-hydrogen) atoms. The van der Waals surface area contributed by atoms with Crippen LogP contribution in [-0.4, -0.2) is 36.4 Å². The minimum atomic E-state index is -0.462. The molecule has 5 nitrogen and oxygen atoms in total. The Kier molecular flexibility index (Phi) is 6.02. The van der Waals surface area contributed by atoms with Crippen molar-refractivity contribution in [2.24, 2.45) is 11.8 Å². The van der Waals surface area contributed by atoms with E-state index in [4.69, 9.17) is 9.47 Å². The zero-order chi connectivity index (χ0) is 18.4. The highest BCUT2D eigenvalue weighted by Crippen LogP contribution is 2.33. The maximum absolute atomic E-state index is 12.1. The van der Waals surface area contributed by atoms with Gasteiger partial charge in [0.1, 0.15) is 0 Å². The van der Waals surface area contributed by atoms with Crippen molar-refractivity contribution in [2.75, 3.05) is 13.2 Å². The fraction of sp³-hybridized carbons (Fsp3) is 0.333. The van der Waals surface area contributed by atoms with Crippen LogP contribution in [0.25, 0.3) is 0 Å². The minimum absolute atomic E-state index is 0.0266. The number of hydrogen-bond acceptors (Lipinski definition) is 5. The molecule has 0 heterocycles. The number of aliphatic hydroxyl groups excluding tert-OH is 1. The Bertz CT molecular complexity index is 665. The van der Waals surface area contributed by atoms with Crippen molar-refractivity contribution < 1.29 is 24.2 Å². The number of carbonyl (C=O) groups is 2. The van der Waals surface area contributed by atoms with E-state index in [2.05, 4.69) is 0 Å². The van der Waals surface area contributed by atoms with E-state index in [1.165, 1.54) is 0 Å². The highest BCUT2D eigenvalue weighted by molar-refractivity contribution is 5.89. The smallest absolute Gasteiger partial charge is 0.338 e. The molecule has 0 unspecified atom stereocenters. The predicted molar refractivity (Wildman–Crippen MR) is 95.7 cm³/mol. The first kappa shape index (κ1) is 18.1. The molecule has 0 aliphatic heterocycles. The van der Waals surface area contributed by atoms with Gasteiger partial charge in [0.15, 0.2) is 0 Å². The predicted octanol–water partition coefficient (Wildman–Crippen LogP) is 3.09. The summed E-state index contributed by atoms with van der Waals surface area (Å²) in [6, 6.07) is 17.6. The number of carbonyl (C=O) groups excluding carboxylic acids is 2. The van der Waals surface area contributed by atoms with Crippen molar-refractivity contribution >= 4 is 11.9 Å². The van der Waals surface area contributed by atoms with E-state index >= 15 is 0 Å². The maximum atomic E-state index is 12.1. The van der Waals surface area contributed by atoms with Gasteiger partial charge in [0.2, 0.25) is 0 Å².